The fraction of sp³-hybridized carbons (Fsp3) is 0.125. The Kier molecular flexibility index (Phi) is 3.94. The van der Waals surface area contributed by atoms with Gasteiger partial charge in [0.1, 0.15) is 11.8 Å². The largest absolute Gasteiger partial charge is 0.476 e. The van der Waals surface area contributed by atoms with E-state index in [4.69, 9.17) is 10.00 Å². The van der Waals surface area contributed by atoms with Crippen LogP contribution in [0.15, 0.2) is 54.6 Å². The highest BCUT2D eigenvalue weighted by Gasteiger charge is 2.09. The Morgan fingerprint density at radius 2 is 1.63 bits per heavy atom. The highest BCUT2D eigenvalue weighted by atomic mass is 16.5. The lowest BCUT2D eigenvalue weighted by molar-refractivity contribution is 0.103. The molecule has 0 bridgehead atoms. The third-order valence-electron chi connectivity index (χ3n) is 2.65. The van der Waals surface area contributed by atoms with Crippen molar-refractivity contribution in [3.05, 3.63) is 65.7 Å². The summed E-state index contributed by atoms with van der Waals surface area (Å²) in [5.74, 6) is 0.555. The molecule has 19 heavy (non-hydrogen) atoms. The van der Waals surface area contributed by atoms with Crippen LogP contribution in [0.2, 0.25) is 0 Å². The summed E-state index contributed by atoms with van der Waals surface area (Å²) in [4.78, 5) is 12.1. The van der Waals surface area contributed by atoms with Crippen LogP contribution in [-0.4, -0.2) is 11.9 Å². The molecule has 3 heteroatoms. The topological polar surface area (TPSA) is 50.1 Å². The van der Waals surface area contributed by atoms with E-state index in [0.29, 0.717) is 16.9 Å². The summed E-state index contributed by atoms with van der Waals surface area (Å²) in [6, 6.07) is 17.9. The molecule has 3 nitrogen and oxygen atoms in total. The van der Waals surface area contributed by atoms with E-state index in [1.807, 2.05) is 24.3 Å². The van der Waals surface area contributed by atoms with Gasteiger partial charge in [-0.05, 0) is 31.2 Å². The van der Waals surface area contributed by atoms with Crippen molar-refractivity contribution in [1.29, 1.82) is 5.26 Å². The fourth-order valence-electron chi connectivity index (χ4n) is 1.67. The summed E-state index contributed by atoms with van der Waals surface area (Å²) < 4.78 is 5.33. The van der Waals surface area contributed by atoms with Crippen LogP contribution in [-0.2, 0) is 0 Å². The number of hydrogen-bond acceptors (Lipinski definition) is 3. The van der Waals surface area contributed by atoms with Crippen molar-refractivity contribution >= 4 is 5.78 Å². The maximum Gasteiger partial charge on any atom is 0.193 e. The third-order valence-corrected chi connectivity index (χ3v) is 2.65. The molecule has 0 N–H and O–H groups in total. The number of carbonyl (C=O) groups excluding carboxylic acids is 1. The van der Waals surface area contributed by atoms with Gasteiger partial charge in [-0.15, -0.1) is 0 Å². The molecule has 0 aromatic heterocycles. The first-order valence-electron chi connectivity index (χ1n) is 5.97. The van der Waals surface area contributed by atoms with Crippen LogP contribution in [0.4, 0.5) is 0 Å². The van der Waals surface area contributed by atoms with Crippen molar-refractivity contribution < 1.29 is 9.53 Å². The van der Waals surface area contributed by atoms with Crippen molar-refractivity contribution in [2.75, 3.05) is 0 Å². The minimum absolute atomic E-state index is 0.0273. The van der Waals surface area contributed by atoms with Crippen molar-refractivity contribution in [3.8, 4) is 11.8 Å². The smallest absolute Gasteiger partial charge is 0.193 e. The molecule has 0 aliphatic heterocycles. The molecule has 0 aliphatic rings. The van der Waals surface area contributed by atoms with Gasteiger partial charge in [0.15, 0.2) is 11.9 Å². The van der Waals surface area contributed by atoms with Crippen LogP contribution in [0.5, 0.6) is 5.75 Å². The van der Waals surface area contributed by atoms with Gasteiger partial charge in [0.05, 0.1) is 0 Å². The van der Waals surface area contributed by atoms with Gasteiger partial charge in [0, 0.05) is 11.1 Å². The molecule has 2 aromatic carbocycles. The summed E-state index contributed by atoms with van der Waals surface area (Å²) in [7, 11) is 0. The van der Waals surface area contributed by atoms with Crippen LogP contribution in [0.25, 0.3) is 0 Å². The molecule has 0 heterocycles. The van der Waals surface area contributed by atoms with E-state index in [2.05, 4.69) is 0 Å². The van der Waals surface area contributed by atoms with E-state index >= 15 is 0 Å². The molecular weight excluding hydrogens is 238 g/mol. The number of hydrogen-bond donors (Lipinski definition) is 0. The van der Waals surface area contributed by atoms with E-state index in [1.54, 1.807) is 43.3 Å². The highest BCUT2D eigenvalue weighted by molar-refractivity contribution is 6.08. The summed E-state index contributed by atoms with van der Waals surface area (Å²) in [6.45, 7) is 1.67. The van der Waals surface area contributed by atoms with Crippen LogP contribution in [0, 0.1) is 11.3 Å². The first-order valence-corrected chi connectivity index (χ1v) is 5.97. The van der Waals surface area contributed by atoms with Crippen LogP contribution in [0.3, 0.4) is 0 Å². The Labute approximate surface area is 112 Å². The lowest BCUT2D eigenvalue weighted by Crippen LogP contribution is -2.08. The van der Waals surface area contributed by atoms with Crippen molar-refractivity contribution in [1.82, 2.24) is 0 Å². The minimum atomic E-state index is -0.504. The van der Waals surface area contributed by atoms with Gasteiger partial charge in [-0.1, -0.05) is 30.3 Å². The number of rotatable bonds is 4. The first kappa shape index (κ1) is 12.8. The number of benzene rings is 2. The summed E-state index contributed by atoms with van der Waals surface area (Å²) in [6.07, 6.45) is -0.504. The molecule has 0 amide bonds. The molecule has 94 valence electrons. The second-order valence-electron chi connectivity index (χ2n) is 4.11. The lowest BCUT2D eigenvalue weighted by Gasteiger charge is -2.08. The summed E-state index contributed by atoms with van der Waals surface area (Å²) in [5.41, 5.74) is 1.25. The quantitative estimate of drug-likeness (QED) is 0.784. The summed E-state index contributed by atoms with van der Waals surface area (Å²) >= 11 is 0. The first-order chi connectivity index (χ1) is 9.20. The third kappa shape index (κ3) is 3.20. The second kappa shape index (κ2) is 5.83. The van der Waals surface area contributed by atoms with Crippen molar-refractivity contribution in [2.24, 2.45) is 0 Å². The zero-order valence-electron chi connectivity index (χ0n) is 10.5. The molecule has 0 aliphatic carbocycles. The number of nitriles is 1. The Bertz CT molecular complexity index is 597. The van der Waals surface area contributed by atoms with E-state index < -0.39 is 6.10 Å². The Morgan fingerprint density at radius 3 is 2.21 bits per heavy atom. The Hall–Kier alpha value is -2.60. The van der Waals surface area contributed by atoms with Gasteiger partial charge in [0.25, 0.3) is 0 Å². The minimum Gasteiger partial charge on any atom is -0.476 e. The molecule has 0 spiro atoms. The zero-order chi connectivity index (χ0) is 13.7. The van der Waals surface area contributed by atoms with Crippen molar-refractivity contribution in [2.45, 2.75) is 13.0 Å². The van der Waals surface area contributed by atoms with Gasteiger partial charge in [0.2, 0.25) is 0 Å². The molecule has 0 saturated carbocycles. The molecule has 0 saturated heterocycles. The van der Waals surface area contributed by atoms with Gasteiger partial charge < -0.3 is 4.74 Å². The average Bonchev–Trinajstić information content (AvgIpc) is 2.48. The number of ketones is 1. The van der Waals surface area contributed by atoms with E-state index in [1.165, 1.54) is 0 Å². The predicted molar refractivity (Wildman–Crippen MR) is 72.0 cm³/mol. The average molecular weight is 251 g/mol. The molecular formula is C16H13NO2. The fourth-order valence-corrected chi connectivity index (χ4v) is 1.67. The standard InChI is InChI=1S/C16H13NO2/c1-12(11-17)19-15-9-7-14(8-10-15)16(18)13-5-3-2-4-6-13/h2-10,12H,1H3/t12-/m1/s1. The van der Waals surface area contributed by atoms with Crippen LogP contribution in [0.1, 0.15) is 22.8 Å². The van der Waals surface area contributed by atoms with Crippen LogP contribution < -0.4 is 4.74 Å². The maximum absolute atomic E-state index is 12.1. The number of nitrogens with zero attached hydrogens (tertiary/aromatic N) is 1. The second-order valence-corrected chi connectivity index (χ2v) is 4.11. The van der Waals surface area contributed by atoms with Crippen molar-refractivity contribution in [3.63, 3.8) is 0 Å². The molecule has 0 radical (unpaired) electrons. The normalized spacial score (nSPS) is 11.4. The highest BCUT2D eigenvalue weighted by Crippen LogP contribution is 2.16. The number of carbonyl (C=O) groups is 1. The van der Waals surface area contributed by atoms with Gasteiger partial charge >= 0.3 is 0 Å². The zero-order valence-corrected chi connectivity index (χ0v) is 10.5. The summed E-state index contributed by atoms with van der Waals surface area (Å²) in [5, 5.41) is 8.66. The van der Waals surface area contributed by atoms with Gasteiger partial charge in [-0.25, -0.2) is 0 Å². The molecule has 2 rings (SSSR count). The van der Waals surface area contributed by atoms with E-state index in [-0.39, 0.29) is 5.78 Å². The Morgan fingerprint density at radius 1 is 1.05 bits per heavy atom. The molecule has 1 atom stereocenters. The molecule has 0 fully saturated rings. The predicted octanol–water partition coefficient (Wildman–Crippen LogP) is 3.21. The molecule has 2 aromatic rings. The van der Waals surface area contributed by atoms with E-state index in [9.17, 15) is 4.79 Å². The van der Waals surface area contributed by atoms with E-state index in [0.717, 1.165) is 0 Å². The van der Waals surface area contributed by atoms with Gasteiger partial charge in [-0.3, -0.25) is 4.79 Å². The van der Waals surface area contributed by atoms with Crippen LogP contribution >= 0.6 is 0 Å². The lowest BCUT2D eigenvalue weighted by atomic mass is 10.0. The number of ether oxygens (including phenoxy) is 1. The van der Waals surface area contributed by atoms with Gasteiger partial charge in [-0.2, -0.15) is 5.26 Å². The maximum atomic E-state index is 12.1. The molecule has 0 unspecified atom stereocenters. The Balaban J connectivity index is 2.15. The monoisotopic (exact) mass is 251 g/mol. The SMILES string of the molecule is C[C@H](C#N)Oc1ccc(C(=O)c2ccccc2)cc1.